The van der Waals surface area contributed by atoms with Crippen LogP contribution in [0.15, 0.2) is 53.7 Å². The molecule has 1 amide bonds. The van der Waals surface area contributed by atoms with Crippen LogP contribution in [0.2, 0.25) is 0 Å². The number of hydrogen-bond acceptors (Lipinski definition) is 4. The molecule has 26 heavy (non-hydrogen) atoms. The normalized spacial score (nSPS) is 10.9. The van der Waals surface area contributed by atoms with E-state index in [2.05, 4.69) is 34.3 Å². The quantitative estimate of drug-likeness (QED) is 0.628. The lowest BCUT2D eigenvalue weighted by Crippen LogP contribution is -2.14. The highest BCUT2D eigenvalue weighted by atomic mass is 32.2. The van der Waals surface area contributed by atoms with Crippen molar-refractivity contribution in [3.05, 3.63) is 59.9 Å². The Morgan fingerprint density at radius 3 is 2.50 bits per heavy atom. The maximum atomic E-state index is 13.0. The molecule has 0 radical (unpaired) electrons. The smallest absolute Gasteiger partial charge is 0.234 e. The van der Waals surface area contributed by atoms with E-state index in [1.54, 1.807) is 12.1 Å². The van der Waals surface area contributed by atoms with Crippen LogP contribution >= 0.6 is 11.8 Å². The Kier molecular flexibility index (Phi) is 5.68. The summed E-state index contributed by atoms with van der Waals surface area (Å²) in [7, 11) is 0. The Balaban J connectivity index is 1.54. The molecule has 1 heterocycles. The molecule has 5 nitrogen and oxygen atoms in total. The van der Waals surface area contributed by atoms with Gasteiger partial charge in [-0.2, -0.15) is 0 Å². The second kappa shape index (κ2) is 8.14. The predicted molar refractivity (Wildman–Crippen MR) is 102 cm³/mol. The van der Waals surface area contributed by atoms with Crippen molar-refractivity contribution >= 4 is 23.4 Å². The number of carbonyl (C=O) groups excluding carboxylic acids is 1. The summed E-state index contributed by atoms with van der Waals surface area (Å²) < 4.78 is 13.0. The largest absolute Gasteiger partial charge is 0.325 e. The Morgan fingerprint density at radius 1 is 1.15 bits per heavy atom. The monoisotopic (exact) mass is 370 g/mol. The molecule has 3 rings (SSSR count). The molecule has 7 heteroatoms. The van der Waals surface area contributed by atoms with Crippen LogP contribution in [-0.2, 0) is 4.79 Å². The maximum Gasteiger partial charge on any atom is 0.234 e. The molecule has 0 atom stereocenters. The lowest BCUT2D eigenvalue weighted by atomic mass is 10.0. The molecule has 0 bridgehead atoms. The number of carbonyl (C=O) groups is 1. The van der Waals surface area contributed by atoms with Crippen molar-refractivity contribution in [2.75, 3.05) is 11.1 Å². The summed E-state index contributed by atoms with van der Waals surface area (Å²) >= 11 is 1.23. The van der Waals surface area contributed by atoms with Gasteiger partial charge in [0.1, 0.15) is 5.82 Å². The number of nitrogens with one attached hydrogen (secondary N) is 2. The molecule has 0 aliphatic carbocycles. The standard InChI is InChI=1S/C19H19FN4OS/c1-12(2)13-5-9-16(10-6-13)21-17(25)11-26-19-22-18(23-24-19)14-3-7-15(20)8-4-14/h3-10,12H,11H2,1-2H3,(H,21,25)(H,22,23,24). The van der Waals surface area contributed by atoms with Gasteiger partial charge in [0.15, 0.2) is 5.82 Å². The van der Waals surface area contributed by atoms with Gasteiger partial charge in [0.05, 0.1) is 5.75 Å². The van der Waals surface area contributed by atoms with Gasteiger partial charge in [-0.3, -0.25) is 9.89 Å². The van der Waals surface area contributed by atoms with Crippen LogP contribution < -0.4 is 5.32 Å². The Morgan fingerprint density at radius 2 is 1.85 bits per heavy atom. The van der Waals surface area contributed by atoms with E-state index >= 15 is 0 Å². The first-order valence-electron chi connectivity index (χ1n) is 8.22. The van der Waals surface area contributed by atoms with Gasteiger partial charge in [-0.15, -0.1) is 5.10 Å². The van der Waals surface area contributed by atoms with E-state index < -0.39 is 0 Å². The van der Waals surface area contributed by atoms with E-state index in [-0.39, 0.29) is 17.5 Å². The molecule has 0 aliphatic heterocycles. The van der Waals surface area contributed by atoms with Gasteiger partial charge in [-0.25, -0.2) is 9.37 Å². The van der Waals surface area contributed by atoms with Crippen molar-refractivity contribution < 1.29 is 9.18 Å². The third-order valence-corrected chi connectivity index (χ3v) is 4.62. The lowest BCUT2D eigenvalue weighted by molar-refractivity contribution is -0.113. The number of thioether (sulfide) groups is 1. The number of benzene rings is 2. The third-order valence-electron chi connectivity index (χ3n) is 3.78. The van der Waals surface area contributed by atoms with Crippen LogP contribution in [0, 0.1) is 5.82 Å². The van der Waals surface area contributed by atoms with Gasteiger partial charge in [-0.1, -0.05) is 37.7 Å². The van der Waals surface area contributed by atoms with Gasteiger partial charge in [-0.05, 0) is 47.9 Å². The summed E-state index contributed by atoms with van der Waals surface area (Å²) in [5.41, 5.74) is 2.73. The number of aromatic nitrogens is 3. The molecule has 1 aromatic heterocycles. The summed E-state index contributed by atoms with van der Waals surface area (Å²) in [6.07, 6.45) is 0. The number of amides is 1. The number of halogens is 1. The molecule has 0 spiro atoms. The highest BCUT2D eigenvalue weighted by Gasteiger charge is 2.10. The first-order valence-corrected chi connectivity index (χ1v) is 9.21. The minimum atomic E-state index is -0.305. The zero-order valence-corrected chi connectivity index (χ0v) is 15.3. The van der Waals surface area contributed by atoms with Crippen molar-refractivity contribution in [2.45, 2.75) is 24.9 Å². The molecule has 0 fully saturated rings. The summed E-state index contributed by atoms with van der Waals surface area (Å²) in [5, 5.41) is 10.2. The molecule has 3 aromatic rings. The molecular formula is C19H19FN4OS. The fraction of sp³-hybridized carbons (Fsp3) is 0.211. The van der Waals surface area contributed by atoms with Crippen LogP contribution in [0.3, 0.4) is 0 Å². The van der Waals surface area contributed by atoms with Crippen LogP contribution in [0.1, 0.15) is 25.3 Å². The lowest BCUT2D eigenvalue weighted by Gasteiger charge is -2.08. The van der Waals surface area contributed by atoms with E-state index in [1.807, 2.05) is 24.3 Å². The maximum absolute atomic E-state index is 13.0. The van der Waals surface area contributed by atoms with E-state index in [9.17, 15) is 9.18 Å². The number of aromatic amines is 1. The second-order valence-corrected chi connectivity index (χ2v) is 7.03. The zero-order chi connectivity index (χ0) is 18.5. The molecule has 2 aromatic carbocycles. The summed E-state index contributed by atoms with van der Waals surface area (Å²) in [4.78, 5) is 16.4. The first kappa shape index (κ1) is 18.1. The van der Waals surface area contributed by atoms with Crippen LogP contribution in [-0.4, -0.2) is 26.8 Å². The van der Waals surface area contributed by atoms with Gasteiger partial charge in [0.25, 0.3) is 0 Å². The summed E-state index contributed by atoms with van der Waals surface area (Å²) in [5.74, 6) is 0.766. The SMILES string of the molecule is CC(C)c1ccc(NC(=O)CSc2n[nH]c(-c3ccc(F)cc3)n2)cc1. The molecule has 2 N–H and O–H groups in total. The van der Waals surface area contributed by atoms with Gasteiger partial charge < -0.3 is 5.32 Å². The summed E-state index contributed by atoms with van der Waals surface area (Å²) in [6.45, 7) is 4.25. The highest BCUT2D eigenvalue weighted by molar-refractivity contribution is 7.99. The Labute approximate surface area is 155 Å². The van der Waals surface area contributed by atoms with Gasteiger partial charge >= 0.3 is 0 Å². The molecule has 0 saturated carbocycles. The zero-order valence-electron chi connectivity index (χ0n) is 14.5. The fourth-order valence-corrected chi connectivity index (χ4v) is 2.92. The number of nitrogens with zero attached hydrogens (tertiary/aromatic N) is 2. The molecule has 0 aliphatic rings. The Bertz CT molecular complexity index is 875. The minimum absolute atomic E-state index is 0.125. The first-order chi connectivity index (χ1) is 12.5. The van der Waals surface area contributed by atoms with Crippen LogP contribution in [0.5, 0.6) is 0 Å². The van der Waals surface area contributed by atoms with Crippen molar-refractivity contribution in [3.8, 4) is 11.4 Å². The van der Waals surface area contributed by atoms with Crippen molar-refractivity contribution in [1.82, 2.24) is 15.2 Å². The number of anilines is 1. The average molecular weight is 370 g/mol. The second-order valence-electron chi connectivity index (χ2n) is 6.09. The van der Waals surface area contributed by atoms with Gasteiger partial charge in [0.2, 0.25) is 11.1 Å². The van der Waals surface area contributed by atoms with E-state index in [4.69, 9.17) is 0 Å². The molecule has 0 unspecified atom stereocenters. The van der Waals surface area contributed by atoms with Crippen molar-refractivity contribution in [1.29, 1.82) is 0 Å². The fourth-order valence-electron chi connectivity index (χ4n) is 2.33. The molecule has 134 valence electrons. The van der Waals surface area contributed by atoms with Gasteiger partial charge in [0, 0.05) is 11.3 Å². The molecule has 0 saturated heterocycles. The highest BCUT2D eigenvalue weighted by Crippen LogP contribution is 2.20. The topological polar surface area (TPSA) is 70.7 Å². The molecular weight excluding hydrogens is 351 g/mol. The predicted octanol–water partition coefficient (Wildman–Crippen LogP) is 4.47. The van der Waals surface area contributed by atoms with E-state index in [1.165, 1.54) is 29.5 Å². The van der Waals surface area contributed by atoms with Crippen molar-refractivity contribution in [2.24, 2.45) is 0 Å². The van der Waals surface area contributed by atoms with E-state index in [0.717, 1.165) is 11.3 Å². The average Bonchev–Trinajstić information content (AvgIpc) is 3.10. The number of rotatable bonds is 6. The Hall–Kier alpha value is -2.67. The minimum Gasteiger partial charge on any atom is -0.325 e. The van der Waals surface area contributed by atoms with E-state index in [0.29, 0.717) is 16.9 Å². The number of H-pyrrole nitrogens is 1. The van der Waals surface area contributed by atoms with Crippen LogP contribution in [0.4, 0.5) is 10.1 Å². The van der Waals surface area contributed by atoms with Crippen molar-refractivity contribution in [3.63, 3.8) is 0 Å². The third kappa shape index (κ3) is 4.70. The van der Waals surface area contributed by atoms with Crippen LogP contribution in [0.25, 0.3) is 11.4 Å². The number of hydrogen-bond donors (Lipinski definition) is 2. The summed E-state index contributed by atoms with van der Waals surface area (Å²) in [6, 6.07) is 13.8.